The quantitative estimate of drug-likeness (QED) is 0.793. The zero-order chi connectivity index (χ0) is 12.4. The Morgan fingerprint density at radius 3 is 2.94 bits per heavy atom. The van der Waals surface area contributed by atoms with Crippen LogP contribution in [0.25, 0.3) is 0 Å². The molecule has 4 heteroatoms. The number of methoxy groups -OCH3 is 1. The van der Waals surface area contributed by atoms with E-state index in [0.717, 1.165) is 29.9 Å². The summed E-state index contributed by atoms with van der Waals surface area (Å²) in [6.45, 7) is 1.55. The van der Waals surface area contributed by atoms with Crippen molar-refractivity contribution in [3.8, 4) is 5.75 Å². The average Bonchev–Trinajstić information content (AvgIpc) is 2.27. The molecule has 0 heterocycles. The van der Waals surface area contributed by atoms with E-state index in [-0.39, 0.29) is 11.9 Å². The fraction of sp³-hybridized carbons (Fsp3) is 0.462. The van der Waals surface area contributed by atoms with Gasteiger partial charge in [-0.3, -0.25) is 4.79 Å². The molecule has 17 heavy (non-hydrogen) atoms. The Balaban J connectivity index is 2.38. The van der Waals surface area contributed by atoms with Gasteiger partial charge in [-0.2, -0.15) is 0 Å². The van der Waals surface area contributed by atoms with Gasteiger partial charge in [-0.15, -0.1) is 12.6 Å². The van der Waals surface area contributed by atoms with Gasteiger partial charge in [-0.25, -0.2) is 0 Å². The molecule has 2 rings (SSSR count). The highest BCUT2D eigenvalue weighted by atomic mass is 32.1. The van der Waals surface area contributed by atoms with Crippen LogP contribution in [-0.2, 0) is 11.2 Å². The van der Waals surface area contributed by atoms with Crippen LogP contribution in [0.1, 0.15) is 36.9 Å². The highest BCUT2D eigenvalue weighted by Crippen LogP contribution is 2.35. The lowest BCUT2D eigenvalue weighted by Gasteiger charge is -2.27. The lowest BCUT2D eigenvalue weighted by Crippen LogP contribution is -2.29. The van der Waals surface area contributed by atoms with Crippen LogP contribution in [0.2, 0.25) is 0 Å². The normalized spacial score (nSPS) is 18.4. The summed E-state index contributed by atoms with van der Waals surface area (Å²) in [4.78, 5) is 12.0. The third-order valence-corrected chi connectivity index (χ3v) is 3.48. The Hall–Kier alpha value is -1.16. The van der Waals surface area contributed by atoms with E-state index in [9.17, 15) is 4.79 Å². The van der Waals surface area contributed by atoms with Crippen LogP contribution in [0.5, 0.6) is 5.75 Å². The Bertz CT molecular complexity index is 445. The Morgan fingerprint density at radius 1 is 1.53 bits per heavy atom. The molecule has 1 aliphatic rings. The molecular formula is C13H17NO2S. The molecular weight excluding hydrogens is 234 g/mol. The van der Waals surface area contributed by atoms with E-state index in [1.165, 1.54) is 11.1 Å². The van der Waals surface area contributed by atoms with Gasteiger partial charge in [0.1, 0.15) is 5.75 Å². The van der Waals surface area contributed by atoms with Crippen LogP contribution in [-0.4, -0.2) is 13.0 Å². The Kier molecular flexibility index (Phi) is 3.62. The van der Waals surface area contributed by atoms with Crippen molar-refractivity contribution in [1.29, 1.82) is 0 Å². The first-order valence-corrected chi connectivity index (χ1v) is 6.23. The minimum absolute atomic E-state index is 0.0109. The van der Waals surface area contributed by atoms with Crippen LogP contribution in [0.4, 0.5) is 0 Å². The highest BCUT2D eigenvalue weighted by Gasteiger charge is 2.22. The molecule has 1 atom stereocenters. The summed E-state index contributed by atoms with van der Waals surface area (Å²) in [7, 11) is 1.64. The lowest BCUT2D eigenvalue weighted by molar-refractivity contribution is -0.119. The summed E-state index contributed by atoms with van der Waals surface area (Å²) in [6, 6.07) is 4.15. The second kappa shape index (κ2) is 5.00. The van der Waals surface area contributed by atoms with Crippen molar-refractivity contribution in [3.63, 3.8) is 0 Å². The third-order valence-electron chi connectivity index (χ3n) is 3.13. The number of amides is 1. The van der Waals surface area contributed by atoms with E-state index in [2.05, 4.69) is 17.9 Å². The molecule has 0 spiro atoms. The van der Waals surface area contributed by atoms with E-state index in [4.69, 9.17) is 4.74 Å². The van der Waals surface area contributed by atoms with Crippen molar-refractivity contribution in [2.24, 2.45) is 0 Å². The lowest BCUT2D eigenvalue weighted by atomic mass is 9.87. The van der Waals surface area contributed by atoms with Gasteiger partial charge in [0.2, 0.25) is 5.91 Å². The van der Waals surface area contributed by atoms with Crippen molar-refractivity contribution in [1.82, 2.24) is 5.32 Å². The van der Waals surface area contributed by atoms with Crippen molar-refractivity contribution >= 4 is 18.5 Å². The molecule has 0 radical (unpaired) electrons. The maximum absolute atomic E-state index is 11.2. The van der Waals surface area contributed by atoms with Crippen LogP contribution in [0, 0.1) is 0 Å². The molecule has 1 N–H and O–H groups in total. The number of benzene rings is 1. The zero-order valence-corrected chi connectivity index (χ0v) is 11.0. The summed E-state index contributed by atoms with van der Waals surface area (Å²) in [6.07, 6.45) is 3.13. The molecule has 1 amide bonds. The molecule has 0 aromatic heterocycles. The molecule has 0 saturated carbocycles. The number of aryl methyl sites for hydroxylation is 1. The molecule has 1 aliphatic carbocycles. The fourth-order valence-electron chi connectivity index (χ4n) is 2.38. The number of nitrogens with one attached hydrogen (secondary N) is 1. The minimum Gasteiger partial charge on any atom is -0.496 e. The van der Waals surface area contributed by atoms with Gasteiger partial charge < -0.3 is 10.1 Å². The first-order valence-electron chi connectivity index (χ1n) is 5.78. The number of hydrogen-bond acceptors (Lipinski definition) is 3. The van der Waals surface area contributed by atoms with Crippen molar-refractivity contribution in [2.45, 2.75) is 37.1 Å². The van der Waals surface area contributed by atoms with Crippen LogP contribution < -0.4 is 10.1 Å². The summed E-state index contributed by atoms with van der Waals surface area (Å²) in [5.74, 6) is 0.779. The molecule has 1 aromatic carbocycles. The standard InChI is InChI=1S/C13H17NO2S/c1-8(15)14-11-5-3-4-9-6-13(17)12(16-2)7-10(9)11/h6-7,11,17H,3-5H2,1-2H3,(H,14,15). The SMILES string of the molecule is COc1cc2c(cc1S)CCCC2NC(C)=O. The van der Waals surface area contributed by atoms with E-state index in [0.29, 0.717) is 0 Å². The Labute approximate surface area is 107 Å². The van der Waals surface area contributed by atoms with Crippen LogP contribution in [0.3, 0.4) is 0 Å². The van der Waals surface area contributed by atoms with Gasteiger partial charge >= 0.3 is 0 Å². The predicted molar refractivity (Wildman–Crippen MR) is 69.7 cm³/mol. The van der Waals surface area contributed by atoms with Gasteiger partial charge in [0.15, 0.2) is 0 Å². The van der Waals surface area contributed by atoms with Crippen LogP contribution in [0.15, 0.2) is 17.0 Å². The number of hydrogen-bond donors (Lipinski definition) is 2. The van der Waals surface area contributed by atoms with Crippen LogP contribution >= 0.6 is 12.6 Å². The highest BCUT2D eigenvalue weighted by molar-refractivity contribution is 7.80. The summed E-state index contributed by atoms with van der Waals surface area (Å²) < 4.78 is 5.28. The van der Waals surface area contributed by atoms with Gasteiger partial charge in [0.25, 0.3) is 0 Å². The second-order valence-corrected chi connectivity index (χ2v) is 4.85. The van der Waals surface area contributed by atoms with Gasteiger partial charge in [0, 0.05) is 11.8 Å². The average molecular weight is 251 g/mol. The molecule has 0 bridgehead atoms. The van der Waals surface area contributed by atoms with E-state index < -0.39 is 0 Å². The maximum atomic E-state index is 11.2. The van der Waals surface area contributed by atoms with Crippen molar-refractivity contribution < 1.29 is 9.53 Å². The smallest absolute Gasteiger partial charge is 0.217 e. The number of carbonyl (C=O) groups excluding carboxylic acids is 1. The Morgan fingerprint density at radius 2 is 2.29 bits per heavy atom. The fourth-order valence-corrected chi connectivity index (χ4v) is 2.69. The monoisotopic (exact) mass is 251 g/mol. The first kappa shape index (κ1) is 12.3. The van der Waals surface area contributed by atoms with Gasteiger partial charge in [0.05, 0.1) is 13.2 Å². The summed E-state index contributed by atoms with van der Waals surface area (Å²) in [5, 5.41) is 2.99. The zero-order valence-electron chi connectivity index (χ0n) is 10.1. The number of fused-ring (bicyclic) bond motifs is 1. The van der Waals surface area contributed by atoms with Gasteiger partial charge in [-0.1, -0.05) is 0 Å². The topological polar surface area (TPSA) is 38.3 Å². The van der Waals surface area contributed by atoms with E-state index >= 15 is 0 Å². The molecule has 1 unspecified atom stereocenters. The molecule has 0 saturated heterocycles. The molecule has 0 fully saturated rings. The molecule has 3 nitrogen and oxygen atoms in total. The number of thiol groups is 1. The van der Waals surface area contributed by atoms with Crippen molar-refractivity contribution in [2.75, 3.05) is 7.11 Å². The molecule has 0 aliphatic heterocycles. The van der Waals surface area contributed by atoms with Gasteiger partial charge in [-0.05, 0) is 42.5 Å². The number of rotatable bonds is 2. The maximum Gasteiger partial charge on any atom is 0.217 e. The largest absolute Gasteiger partial charge is 0.496 e. The predicted octanol–water partition coefficient (Wildman–Crippen LogP) is 2.50. The third kappa shape index (κ3) is 2.57. The van der Waals surface area contributed by atoms with Crippen molar-refractivity contribution in [3.05, 3.63) is 23.3 Å². The molecule has 92 valence electrons. The first-order chi connectivity index (χ1) is 8.11. The van der Waals surface area contributed by atoms with E-state index in [1.807, 2.05) is 12.1 Å². The minimum atomic E-state index is 0.0109. The number of ether oxygens (including phenoxy) is 1. The molecule has 1 aromatic rings. The van der Waals surface area contributed by atoms with E-state index in [1.54, 1.807) is 14.0 Å². The summed E-state index contributed by atoms with van der Waals surface area (Å²) in [5.41, 5.74) is 2.43. The second-order valence-electron chi connectivity index (χ2n) is 4.37. The number of carbonyl (C=O) groups is 1. The summed E-state index contributed by atoms with van der Waals surface area (Å²) >= 11 is 4.40.